The molecule has 5 rings (SSSR count). The number of benzene rings is 3. The van der Waals surface area contributed by atoms with Crippen LogP contribution in [-0.4, -0.2) is 51.2 Å². The van der Waals surface area contributed by atoms with Crippen LogP contribution in [0.25, 0.3) is 11.1 Å². The maximum atomic E-state index is 13.0. The Balaban J connectivity index is 1.08. The lowest BCUT2D eigenvalue weighted by Crippen LogP contribution is -2.34. The van der Waals surface area contributed by atoms with Crippen molar-refractivity contribution >= 4 is 5.91 Å². The van der Waals surface area contributed by atoms with Gasteiger partial charge in [-0.1, -0.05) is 24.3 Å². The van der Waals surface area contributed by atoms with Gasteiger partial charge in [-0.25, -0.2) is 0 Å². The molecule has 0 spiro atoms. The predicted molar refractivity (Wildman–Crippen MR) is 163 cm³/mol. The van der Waals surface area contributed by atoms with Crippen LogP contribution in [0, 0.1) is 0 Å². The molecular formula is C35H41F3N2O3. The quantitative estimate of drug-likeness (QED) is 0.245. The summed E-state index contributed by atoms with van der Waals surface area (Å²) in [5.41, 5.74) is 5.11. The Kier molecular flexibility index (Phi) is 9.96. The number of rotatable bonds is 10. The number of methoxy groups -OCH3 is 2. The summed E-state index contributed by atoms with van der Waals surface area (Å²) in [6.45, 7) is 3.69. The van der Waals surface area contributed by atoms with E-state index in [4.69, 9.17) is 9.47 Å². The molecule has 0 bridgehead atoms. The molecule has 0 aromatic heterocycles. The fraction of sp³-hybridized carbons (Fsp3) is 0.457. The molecule has 0 atom stereocenters. The Hall–Kier alpha value is -3.52. The SMILES string of the molecule is COc1ccc(C(=O)NCCCCN2CCC(c3ccc4c(c3OC)CCCC4)CC2)cc1-c1ccc(C(F)(F)F)cc1. The molecule has 3 aromatic carbocycles. The zero-order valence-corrected chi connectivity index (χ0v) is 25.1. The molecule has 1 fully saturated rings. The number of fused-ring (bicyclic) bond motifs is 1. The largest absolute Gasteiger partial charge is 0.496 e. The minimum atomic E-state index is -4.41. The van der Waals surface area contributed by atoms with E-state index in [0.717, 1.165) is 76.0 Å². The Labute approximate surface area is 252 Å². The standard InChI is InChI=1S/C35H41F3N2O3/c1-42-32-16-12-27(23-31(32)25-9-13-28(14-10-25)35(36,37)38)34(41)39-19-5-6-20-40-21-17-26(18-22-40)30-15-11-24-7-3-4-8-29(24)33(30)43-2/h9-16,23,26H,3-8,17-22H2,1-2H3,(H,39,41). The van der Waals surface area contributed by atoms with E-state index < -0.39 is 11.7 Å². The second kappa shape index (κ2) is 13.8. The summed E-state index contributed by atoms with van der Waals surface area (Å²) in [4.78, 5) is 15.4. The minimum absolute atomic E-state index is 0.212. The Morgan fingerprint density at radius 3 is 2.37 bits per heavy atom. The van der Waals surface area contributed by atoms with Gasteiger partial charge < -0.3 is 19.7 Å². The number of nitrogens with zero attached hydrogens (tertiary/aromatic N) is 1. The summed E-state index contributed by atoms with van der Waals surface area (Å²) >= 11 is 0. The summed E-state index contributed by atoms with van der Waals surface area (Å²) in [5.74, 6) is 1.95. The molecule has 8 heteroatoms. The molecule has 1 saturated heterocycles. The normalized spacial score (nSPS) is 16.0. The first-order valence-corrected chi connectivity index (χ1v) is 15.3. The van der Waals surface area contributed by atoms with Gasteiger partial charge in [-0.15, -0.1) is 0 Å². The van der Waals surface area contributed by atoms with Gasteiger partial charge in [-0.05, 0) is 130 Å². The van der Waals surface area contributed by atoms with E-state index in [1.807, 2.05) is 7.11 Å². The van der Waals surface area contributed by atoms with Crippen LogP contribution >= 0.6 is 0 Å². The molecule has 1 amide bonds. The first-order valence-electron chi connectivity index (χ1n) is 15.3. The van der Waals surface area contributed by atoms with Crippen LogP contribution in [0.4, 0.5) is 13.2 Å². The number of ether oxygens (including phenoxy) is 2. The van der Waals surface area contributed by atoms with Crippen LogP contribution in [0.1, 0.15) is 77.1 Å². The van der Waals surface area contributed by atoms with Gasteiger partial charge >= 0.3 is 6.18 Å². The summed E-state index contributed by atoms with van der Waals surface area (Å²) in [7, 11) is 3.31. The van der Waals surface area contributed by atoms with Gasteiger partial charge in [0.2, 0.25) is 0 Å². The van der Waals surface area contributed by atoms with Crippen LogP contribution in [0.3, 0.4) is 0 Å². The van der Waals surface area contributed by atoms with Gasteiger partial charge in [0.15, 0.2) is 0 Å². The molecule has 2 aliphatic rings. The maximum Gasteiger partial charge on any atom is 0.416 e. The molecule has 230 valence electrons. The first kappa shape index (κ1) is 30.9. The van der Waals surface area contributed by atoms with E-state index in [2.05, 4.69) is 22.3 Å². The summed E-state index contributed by atoms with van der Waals surface area (Å²) in [6.07, 6.45) is 4.52. The van der Waals surface area contributed by atoms with Gasteiger partial charge in [0.05, 0.1) is 19.8 Å². The van der Waals surface area contributed by atoms with Gasteiger partial charge in [0.25, 0.3) is 5.91 Å². The number of nitrogens with one attached hydrogen (secondary N) is 1. The molecular weight excluding hydrogens is 553 g/mol. The van der Waals surface area contributed by atoms with E-state index in [1.54, 1.807) is 18.2 Å². The summed E-state index contributed by atoms with van der Waals surface area (Å²) in [6, 6.07) is 14.5. The zero-order chi connectivity index (χ0) is 30.4. The van der Waals surface area contributed by atoms with Crippen LogP contribution in [-0.2, 0) is 19.0 Å². The third-order valence-corrected chi connectivity index (χ3v) is 8.91. The van der Waals surface area contributed by atoms with Crippen molar-refractivity contribution in [3.63, 3.8) is 0 Å². The number of unbranched alkanes of at least 4 members (excludes halogenated alkanes) is 1. The molecule has 0 saturated carbocycles. The lowest BCUT2D eigenvalue weighted by Gasteiger charge is -2.33. The van der Waals surface area contributed by atoms with Crippen molar-refractivity contribution in [2.45, 2.75) is 63.5 Å². The molecule has 1 heterocycles. The van der Waals surface area contributed by atoms with E-state index in [-0.39, 0.29) is 5.91 Å². The zero-order valence-electron chi connectivity index (χ0n) is 25.1. The minimum Gasteiger partial charge on any atom is -0.496 e. The Bertz CT molecular complexity index is 1400. The van der Waals surface area contributed by atoms with Crippen molar-refractivity contribution in [1.82, 2.24) is 10.2 Å². The average molecular weight is 595 g/mol. The van der Waals surface area contributed by atoms with Gasteiger partial charge in [0, 0.05) is 17.7 Å². The molecule has 1 aliphatic heterocycles. The van der Waals surface area contributed by atoms with Gasteiger partial charge in [0.1, 0.15) is 11.5 Å². The van der Waals surface area contributed by atoms with Crippen molar-refractivity contribution in [2.75, 3.05) is 40.4 Å². The number of hydrogen-bond donors (Lipinski definition) is 1. The van der Waals surface area contributed by atoms with E-state index in [0.29, 0.717) is 34.9 Å². The number of piperidine rings is 1. The number of halogens is 3. The van der Waals surface area contributed by atoms with E-state index in [9.17, 15) is 18.0 Å². The van der Waals surface area contributed by atoms with Crippen LogP contribution in [0.5, 0.6) is 11.5 Å². The number of carbonyl (C=O) groups is 1. The molecule has 43 heavy (non-hydrogen) atoms. The molecule has 0 radical (unpaired) electrons. The van der Waals surface area contributed by atoms with E-state index >= 15 is 0 Å². The lowest BCUT2D eigenvalue weighted by molar-refractivity contribution is -0.137. The van der Waals surface area contributed by atoms with Crippen molar-refractivity contribution in [3.05, 3.63) is 82.4 Å². The highest BCUT2D eigenvalue weighted by Gasteiger charge is 2.30. The Morgan fingerprint density at radius 2 is 1.67 bits per heavy atom. The fourth-order valence-corrected chi connectivity index (χ4v) is 6.52. The number of alkyl halides is 3. The molecule has 3 aromatic rings. The highest BCUT2D eigenvalue weighted by molar-refractivity contribution is 5.96. The average Bonchev–Trinajstić information content (AvgIpc) is 3.03. The second-order valence-corrected chi connectivity index (χ2v) is 11.6. The smallest absolute Gasteiger partial charge is 0.416 e. The number of likely N-dealkylation sites (tertiary alicyclic amines) is 1. The molecule has 0 unspecified atom stereocenters. The van der Waals surface area contributed by atoms with Crippen LogP contribution in [0.2, 0.25) is 0 Å². The number of amides is 1. The van der Waals surface area contributed by atoms with E-state index in [1.165, 1.54) is 48.8 Å². The van der Waals surface area contributed by atoms with Crippen molar-refractivity contribution < 1.29 is 27.4 Å². The summed E-state index contributed by atoms with van der Waals surface area (Å²) < 4.78 is 50.3. The molecule has 1 aliphatic carbocycles. The third kappa shape index (κ3) is 7.35. The topological polar surface area (TPSA) is 50.8 Å². The van der Waals surface area contributed by atoms with Crippen LogP contribution < -0.4 is 14.8 Å². The highest BCUT2D eigenvalue weighted by atomic mass is 19.4. The predicted octanol–water partition coefficient (Wildman–Crippen LogP) is 7.66. The number of aryl methyl sites for hydroxylation is 1. The monoisotopic (exact) mass is 594 g/mol. The van der Waals surface area contributed by atoms with Crippen molar-refractivity contribution in [1.29, 1.82) is 0 Å². The molecule has 1 N–H and O–H groups in total. The summed E-state index contributed by atoms with van der Waals surface area (Å²) in [5, 5.41) is 2.99. The van der Waals surface area contributed by atoms with Crippen molar-refractivity contribution in [2.24, 2.45) is 0 Å². The number of hydrogen-bond acceptors (Lipinski definition) is 4. The highest BCUT2D eigenvalue weighted by Crippen LogP contribution is 2.40. The first-order chi connectivity index (χ1) is 20.8. The molecule has 5 nitrogen and oxygen atoms in total. The number of carbonyl (C=O) groups excluding carboxylic acids is 1. The third-order valence-electron chi connectivity index (χ3n) is 8.91. The fourth-order valence-electron chi connectivity index (χ4n) is 6.52. The second-order valence-electron chi connectivity index (χ2n) is 11.6. The van der Waals surface area contributed by atoms with Gasteiger partial charge in [-0.3, -0.25) is 4.79 Å². The van der Waals surface area contributed by atoms with Gasteiger partial charge in [-0.2, -0.15) is 13.2 Å². The lowest BCUT2D eigenvalue weighted by atomic mass is 9.83. The van der Waals surface area contributed by atoms with Crippen molar-refractivity contribution in [3.8, 4) is 22.6 Å². The maximum absolute atomic E-state index is 13.0. The Morgan fingerprint density at radius 1 is 0.930 bits per heavy atom. The van der Waals surface area contributed by atoms with Crippen LogP contribution in [0.15, 0.2) is 54.6 Å².